The minimum atomic E-state index is 0.232. The van der Waals surface area contributed by atoms with Gasteiger partial charge in [0.1, 0.15) is 0 Å². The first-order chi connectivity index (χ1) is 7.95. The van der Waals surface area contributed by atoms with Crippen LogP contribution in [-0.4, -0.2) is 20.1 Å². The third-order valence-electron chi connectivity index (χ3n) is 3.01. The zero-order valence-electron chi connectivity index (χ0n) is 11.9. The van der Waals surface area contributed by atoms with Gasteiger partial charge in [0.15, 0.2) is 0 Å². The SMILES string of the molecule is CNCCCNc1ccc(C(C)(C)C)cc1C. The second-order valence-corrected chi connectivity index (χ2v) is 5.66. The van der Waals surface area contributed by atoms with E-state index in [-0.39, 0.29) is 5.41 Å². The highest BCUT2D eigenvalue weighted by molar-refractivity contribution is 5.52. The third kappa shape index (κ3) is 4.39. The molecular weight excluding hydrogens is 208 g/mol. The topological polar surface area (TPSA) is 24.1 Å². The smallest absolute Gasteiger partial charge is 0.0370 e. The van der Waals surface area contributed by atoms with Crippen molar-refractivity contribution in [3.8, 4) is 0 Å². The third-order valence-corrected chi connectivity index (χ3v) is 3.01. The maximum absolute atomic E-state index is 3.49. The Hall–Kier alpha value is -1.02. The van der Waals surface area contributed by atoms with E-state index in [1.165, 1.54) is 16.8 Å². The summed E-state index contributed by atoms with van der Waals surface area (Å²) in [4.78, 5) is 0. The minimum absolute atomic E-state index is 0.232. The zero-order valence-corrected chi connectivity index (χ0v) is 11.9. The van der Waals surface area contributed by atoms with Gasteiger partial charge in [0, 0.05) is 12.2 Å². The Balaban J connectivity index is 2.64. The van der Waals surface area contributed by atoms with Crippen LogP contribution in [0.25, 0.3) is 0 Å². The average molecular weight is 234 g/mol. The molecule has 17 heavy (non-hydrogen) atoms. The summed E-state index contributed by atoms with van der Waals surface area (Å²) in [6.07, 6.45) is 1.15. The quantitative estimate of drug-likeness (QED) is 0.764. The molecule has 0 atom stereocenters. The van der Waals surface area contributed by atoms with Gasteiger partial charge in [-0.1, -0.05) is 32.9 Å². The molecule has 2 nitrogen and oxygen atoms in total. The van der Waals surface area contributed by atoms with Crippen LogP contribution in [0.15, 0.2) is 18.2 Å². The maximum Gasteiger partial charge on any atom is 0.0370 e. The van der Waals surface area contributed by atoms with Crippen LogP contribution in [-0.2, 0) is 5.41 Å². The highest BCUT2D eigenvalue weighted by Crippen LogP contribution is 2.26. The van der Waals surface area contributed by atoms with E-state index in [2.05, 4.69) is 56.5 Å². The molecule has 0 saturated heterocycles. The van der Waals surface area contributed by atoms with Gasteiger partial charge in [0.25, 0.3) is 0 Å². The lowest BCUT2D eigenvalue weighted by Gasteiger charge is -2.21. The highest BCUT2D eigenvalue weighted by atomic mass is 14.9. The predicted octanol–water partition coefficient (Wildman–Crippen LogP) is 3.31. The van der Waals surface area contributed by atoms with Crippen LogP contribution >= 0.6 is 0 Å². The summed E-state index contributed by atoms with van der Waals surface area (Å²) in [7, 11) is 1.99. The van der Waals surface area contributed by atoms with Crippen LogP contribution in [0.4, 0.5) is 5.69 Å². The van der Waals surface area contributed by atoms with Crippen molar-refractivity contribution in [3.05, 3.63) is 29.3 Å². The van der Waals surface area contributed by atoms with Crippen molar-refractivity contribution >= 4 is 5.69 Å². The number of anilines is 1. The van der Waals surface area contributed by atoms with Gasteiger partial charge < -0.3 is 10.6 Å². The van der Waals surface area contributed by atoms with Crippen molar-refractivity contribution in [3.63, 3.8) is 0 Å². The summed E-state index contributed by atoms with van der Waals surface area (Å²) in [6, 6.07) is 6.73. The number of benzene rings is 1. The van der Waals surface area contributed by atoms with Crippen LogP contribution in [0.2, 0.25) is 0 Å². The molecule has 0 amide bonds. The Morgan fingerprint density at radius 2 is 1.82 bits per heavy atom. The summed E-state index contributed by atoms with van der Waals surface area (Å²) in [5.41, 5.74) is 4.22. The molecule has 0 aliphatic carbocycles. The lowest BCUT2D eigenvalue weighted by atomic mass is 9.86. The fourth-order valence-electron chi connectivity index (χ4n) is 1.82. The van der Waals surface area contributed by atoms with Crippen molar-refractivity contribution in [1.82, 2.24) is 5.32 Å². The average Bonchev–Trinajstić information content (AvgIpc) is 2.24. The molecule has 0 aromatic heterocycles. The van der Waals surface area contributed by atoms with Crippen LogP contribution in [0.3, 0.4) is 0 Å². The molecule has 1 aromatic rings. The molecule has 0 aliphatic rings. The Kier molecular flexibility index (Phi) is 5.01. The van der Waals surface area contributed by atoms with Gasteiger partial charge in [-0.05, 0) is 49.5 Å². The number of hydrogen-bond donors (Lipinski definition) is 2. The second kappa shape index (κ2) is 6.06. The molecule has 0 radical (unpaired) electrons. The molecule has 0 saturated carbocycles. The Morgan fingerprint density at radius 1 is 1.12 bits per heavy atom. The normalized spacial score (nSPS) is 11.6. The first kappa shape index (κ1) is 14.0. The Bertz CT molecular complexity index is 350. The Labute approximate surface area is 106 Å². The number of hydrogen-bond acceptors (Lipinski definition) is 2. The van der Waals surface area contributed by atoms with Gasteiger partial charge in [-0.2, -0.15) is 0 Å². The maximum atomic E-state index is 3.49. The van der Waals surface area contributed by atoms with Gasteiger partial charge in [-0.15, -0.1) is 0 Å². The summed E-state index contributed by atoms with van der Waals surface area (Å²) in [5.74, 6) is 0. The molecule has 1 aromatic carbocycles. The monoisotopic (exact) mass is 234 g/mol. The first-order valence-corrected chi connectivity index (χ1v) is 6.45. The molecule has 2 N–H and O–H groups in total. The predicted molar refractivity (Wildman–Crippen MR) is 76.9 cm³/mol. The summed E-state index contributed by atoms with van der Waals surface area (Å²) in [5, 5.41) is 6.64. The fourth-order valence-corrected chi connectivity index (χ4v) is 1.82. The van der Waals surface area contributed by atoms with E-state index in [4.69, 9.17) is 0 Å². The lowest BCUT2D eigenvalue weighted by molar-refractivity contribution is 0.590. The molecule has 0 fully saturated rings. The Morgan fingerprint density at radius 3 is 2.35 bits per heavy atom. The molecule has 2 heteroatoms. The van der Waals surface area contributed by atoms with Crippen LogP contribution in [0, 0.1) is 6.92 Å². The van der Waals surface area contributed by atoms with E-state index in [1.54, 1.807) is 0 Å². The molecule has 1 rings (SSSR count). The van der Waals surface area contributed by atoms with E-state index in [0.29, 0.717) is 0 Å². The number of aryl methyl sites for hydroxylation is 1. The van der Waals surface area contributed by atoms with Crippen LogP contribution < -0.4 is 10.6 Å². The molecular formula is C15H26N2. The van der Waals surface area contributed by atoms with Crippen molar-refractivity contribution in [2.75, 3.05) is 25.5 Å². The van der Waals surface area contributed by atoms with Gasteiger partial charge in [-0.3, -0.25) is 0 Å². The molecule has 96 valence electrons. The first-order valence-electron chi connectivity index (χ1n) is 6.45. The second-order valence-electron chi connectivity index (χ2n) is 5.66. The van der Waals surface area contributed by atoms with E-state index in [1.807, 2.05) is 7.05 Å². The highest BCUT2D eigenvalue weighted by Gasteiger charge is 2.14. The van der Waals surface area contributed by atoms with Gasteiger partial charge in [0.2, 0.25) is 0 Å². The van der Waals surface area contributed by atoms with Crippen molar-refractivity contribution in [2.24, 2.45) is 0 Å². The van der Waals surface area contributed by atoms with Gasteiger partial charge >= 0.3 is 0 Å². The van der Waals surface area contributed by atoms with E-state index < -0.39 is 0 Å². The lowest BCUT2D eigenvalue weighted by Crippen LogP contribution is -2.14. The summed E-state index contributed by atoms with van der Waals surface area (Å²) >= 11 is 0. The molecule has 0 heterocycles. The standard InChI is InChI=1S/C15H26N2/c1-12-11-13(15(2,3)4)7-8-14(12)17-10-6-9-16-5/h7-8,11,16-17H,6,9-10H2,1-5H3. The van der Waals surface area contributed by atoms with Gasteiger partial charge in [-0.25, -0.2) is 0 Å². The largest absolute Gasteiger partial charge is 0.385 e. The number of nitrogens with one attached hydrogen (secondary N) is 2. The van der Waals surface area contributed by atoms with Gasteiger partial charge in [0.05, 0.1) is 0 Å². The number of rotatable bonds is 5. The van der Waals surface area contributed by atoms with Crippen LogP contribution in [0.1, 0.15) is 38.3 Å². The molecule has 0 aliphatic heterocycles. The molecule has 0 unspecified atom stereocenters. The summed E-state index contributed by atoms with van der Waals surface area (Å²) < 4.78 is 0. The fraction of sp³-hybridized carbons (Fsp3) is 0.600. The van der Waals surface area contributed by atoms with E-state index in [0.717, 1.165) is 19.5 Å². The zero-order chi connectivity index (χ0) is 12.9. The molecule has 0 spiro atoms. The van der Waals surface area contributed by atoms with Crippen molar-refractivity contribution < 1.29 is 0 Å². The van der Waals surface area contributed by atoms with E-state index in [9.17, 15) is 0 Å². The van der Waals surface area contributed by atoms with Crippen molar-refractivity contribution in [1.29, 1.82) is 0 Å². The summed E-state index contributed by atoms with van der Waals surface area (Å²) in [6.45, 7) is 11.0. The molecule has 0 bridgehead atoms. The minimum Gasteiger partial charge on any atom is -0.385 e. The van der Waals surface area contributed by atoms with Crippen LogP contribution in [0.5, 0.6) is 0 Å². The van der Waals surface area contributed by atoms with Crippen molar-refractivity contribution in [2.45, 2.75) is 39.5 Å². The van der Waals surface area contributed by atoms with E-state index >= 15 is 0 Å².